The Balaban J connectivity index is 2.45. The zero-order chi connectivity index (χ0) is 24.6. The maximum Gasteiger partial charge on any atom is 0.262 e. The van der Waals surface area contributed by atoms with E-state index < -0.39 is 27.6 Å². The van der Waals surface area contributed by atoms with Gasteiger partial charge in [-0.25, -0.2) is 13.9 Å². The maximum atomic E-state index is 13.8. The van der Waals surface area contributed by atoms with Gasteiger partial charge in [-0.2, -0.15) is 4.31 Å². The van der Waals surface area contributed by atoms with Crippen LogP contribution in [-0.2, 0) is 26.2 Å². The number of carbonyl (C=O) groups excluding carboxylic acids is 1. The summed E-state index contributed by atoms with van der Waals surface area (Å²) in [4.78, 5) is 18.7. The fourth-order valence-corrected chi connectivity index (χ4v) is 5.05. The van der Waals surface area contributed by atoms with Gasteiger partial charge in [-0.05, 0) is 56.5 Å². The van der Waals surface area contributed by atoms with Gasteiger partial charge in [0.05, 0.1) is 17.1 Å². The van der Waals surface area contributed by atoms with E-state index >= 15 is 0 Å². The third-order valence-corrected chi connectivity index (χ3v) is 6.91. The number of nitrogens with one attached hydrogen (secondary N) is 1. The fourth-order valence-electron chi connectivity index (χ4n) is 3.13. The van der Waals surface area contributed by atoms with Gasteiger partial charge in [0.2, 0.25) is 10.0 Å². The molecule has 1 atom stereocenters. The molecule has 33 heavy (non-hydrogen) atoms. The third kappa shape index (κ3) is 8.24. The van der Waals surface area contributed by atoms with Crippen molar-refractivity contribution in [2.24, 2.45) is 5.92 Å². The number of halogens is 1. The lowest BCUT2D eigenvalue weighted by atomic mass is 10.0. The average Bonchev–Trinajstić information content (AvgIpc) is 2.76. The Morgan fingerprint density at radius 1 is 1.06 bits per heavy atom. The molecule has 9 heteroatoms. The van der Waals surface area contributed by atoms with Crippen molar-refractivity contribution in [2.75, 3.05) is 11.0 Å². The van der Waals surface area contributed by atoms with E-state index in [1.807, 2.05) is 44.2 Å². The highest BCUT2D eigenvalue weighted by molar-refractivity contribution is 14.1. The molecule has 0 aromatic heterocycles. The zero-order valence-corrected chi connectivity index (χ0v) is 22.7. The van der Waals surface area contributed by atoms with Gasteiger partial charge in [-0.1, -0.05) is 66.8 Å². The smallest absolute Gasteiger partial charge is 0.262 e. The lowest BCUT2D eigenvalue weighted by Gasteiger charge is -2.33. The molecule has 0 aliphatic rings. The number of hydrogen-bond acceptors (Lipinski definition) is 5. The van der Waals surface area contributed by atoms with Crippen LogP contribution < -0.4 is 10.2 Å². The molecule has 2 rings (SSSR count). The molecule has 0 bridgehead atoms. The summed E-state index contributed by atoms with van der Waals surface area (Å²) in [6.45, 7) is 9.62. The minimum Gasteiger partial charge on any atom is -0.493 e. The van der Waals surface area contributed by atoms with Crippen molar-refractivity contribution >= 4 is 38.5 Å². The Labute approximate surface area is 211 Å². The topological polar surface area (TPSA) is 84.9 Å². The van der Waals surface area contributed by atoms with Crippen LogP contribution in [0.5, 0.6) is 5.75 Å². The van der Waals surface area contributed by atoms with Gasteiger partial charge in [-0.3, -0.25) is 9.63 Å². The van der Waals surface area contributed by atoms with Crippen molar-refractivity contribution in [3.05, 3.63) is 60.2 Å². The highest BCUT2D eigenvalue weighted by atomic mass is 127. The summed E-state index contributed by atoms with van der Waals surface area (Å²) in [5.74, 6) is -0.225. The molecule has 0 radical (unpaired) electrons. The van der Waals surface area contributed by atoms with Crippen LogP contribution in [0.25, 0.3) is 0 Å². The average molecular weight is 589 g/mol. The monoisotopic (exact) mass is 588 g/mol. The molecule has 0 heterocycles. The second-order valence-corrected chi connectivity index (χ2v) is 11.9. The number of amides is 1. The lowest BCUT2D eigenvalue weighted by Crippen LogP contribution is -2.52. The highest BCUT2D eigenvalue weighted by Crippen LogP contribution is 2.26. The highest BCUT2D eigenvalue weighted by Gasteiger charge is 2.38. The molecule has 7 nitrogen and oxygen atoms in total. The summed E-state index contributed by atoms with van der Waals surface area (Å²) in [6, 6.07) is 14.5. The van der Waals surface area contributed by atoms with E-state index in [1.54, 1.807) is 32.9 Å². The van der Waals surface area contributed by atoms with Crippen LogP contribution in [-0.4, -0.2) is 41.3 Å². The van der Waals surface area contributed by atoms with Gasteiger partial charge in [-0.15, -0.1) is 0 Å². The Morgan fingerprint density at radius 3 is 2.18 bits per heavy atom. The molecule has 1 N–H and O–H groups in total. The second-order valence-electron chi connectivity index (χ2n) is 8.91. The number of hydrogen-bond donors (Lipinski definition) is 1. The van der Waals surface area contributed by atoms with Crippen molar-refractivity contribution in [3.8, 4) is 5.75 Å². The fraction of sp³-hybridized carbons (Fsp3) is 0.458. The maximum absolute atomic E-state index is 13.8. The number of hydroxylamine groups is 1. The van der Waals surface area contributed by atoms with Crippen LogP contribution in [0.2, 0.25) is 0 Å². The van der Waals surface area contributed by atoms with Crippen LogP contribution in [0.15, 0.2) is 59.5 Å². The van der Waals surface area contributed by atoms with Crippen LogP contribution in [0.4, 0.5) is 0 Å². The molecule has 0 unspecified atom stereocenters. The Morgan fingerprint density at radius 2 is 1.67 bits per heavy atom. The molecular weight excluding hydrogens is 555 g/mol. The Kier molecular flexibility index (Phi) is 10.1. The summed E-state index contributed by atoms with van der Waals surface area (Å²) in [7, 11) is -4.02. The van der Waals surface area contributed by atoms with E-state index in [9.17, 15) is 13.2 Å². The number of benzene rings is 2. The summed E-state index contributed by atoms with van der Waals surface area (Å²) in [5.41, 5.74) is 2.62. The Hall–Kier alpha value is -1.69. The first-order valence-electron chi connectivity index (χ1n) is 10.8. The van der Waals surface area contributed by atoms with Crippen molar-refractivity contribution in [3.63, 3.8) is 0 Å². The molecule has 0 fully saturated rings. The van der Waals surface area contributed by atoms with Crippen molar-refractivity contribution in [1.29, 1.82) is 0 Å². The molecule has 0 saturated heterocycles. The SMILES string of the molecule is CC(C)[C@H](C(=O)NOC(C)(C)C)N(Cc1ccccc1)S(=O)(=O)c1ccc(OCCI)cc1. The van der Waals surface area contributed by atoms with Crippen LogP contribution in [0.1, 0.15) is 40.2 Å². The summed E-state index contributed by atoms with van der Waals surface area (Å²) in [6.07, 6.45) is 0. The molecule has 1 amide bonds. The van der Waals surface area contributed by atoms with Gasteiger partial charge >= 0.3 is 0 Å². The first-order chi connectivity index (χ1) is 15.5. The molecule has 0 aliphatic heterocycles. The number of nitrogens with zero attached hydrogens (tertiary/aromatic N) is 1. The lowest BCUT2D eigenvalue weighted by molar-refractivity contribution is -0.151. The summed E-state index contributed by atoms with van der Waals surface area (Å²) < 4.78 is 35.2. The van der Waals surface area contributed by atoms with E-state index in [2.05, 4.69) is 28.1 Å². The minimum absolute atomic E-state index is 0.0437. The van der Waals surface area contributed by atoms with E-state index in [1.165, 1.54) is 16.4 Å². The third-order valence-electron chi connectivity index (χ3n) is 4.63. The van der Waals surface area contributed by atoms with Gasteiger partial charge in [0.25, 0.3) is 5.91 Å². The first kappa shape index (κ1) is 27.6. The quantitative estimate of drug-likeness (QED) is 0.237. The molecular formula is C24H33IN2O5S. The Bertz CT molecular complexity index is 990. The predicted molar refractivity (Wildman–Crippen MR) is 138 cm³/mol. The zero-order valence-electron chi connectivity index (χ0n) is 19.7. The van der Waals surface area contributed by atoms with Crippen LogP contribution >= 0.6 is 22.6 Å². The summed E-state index contributed by atoms with van der Waals surface area (Å²) in [5, 5.41) is 0. The molecule has 2 aromatic carbocycles. The van der Waals surface area contributed by atoms with Gasteiger partial charge in [0.1, 0.15) is 11.8 Å². The first-order valence-corrected chi connectivity index (χ1v) is 13.7. The molecule has 0 spiro atoms. The second kappa shape index (κ2) is 12.1. The van der Waals surface area contributed by atoms with Crippen molar-refractivity contribution in [1.82, 2.24) is 9.79 Å². The van der Waals surface area contributed by atoms with Gasteiger partial charge < -0.3 is 4.74 Å². The van der Waals surface area contributed by atoms with Crippen molar-refractivity contribution in [2.45, 2.75) is 57.7 Å². The number of carbonyl (C=O) groups is 1. The number of ether oxygens (including phenoxy) is 1. The summed E-state index contributed by atoms with van der Waals surface area (Å²) >= 11 is 2.21. The predicted octanol–water partition coefficient (Wildman–Crippen LogP) is 4.56. The largest absolute Gasteiger partial charge is 0.493 e. The standard InChI is InChI=1S/C24H33IN2O5S/c1-18(2)22(23(28)26-32-24(3,4)5)27(17-19-9-7-6-8-10-19)33(29,30)21-13-11-20(12-14-21)31-16-15-25/h6-14,18,22H,15-17H2,1-5H3,(H,26,28)/t22-/m1/s1. The molecule has 2 aromatic rings. The number of rotatable bonds is 11. The van der Waals surface area contributed by atoms with Crippen LogP contribution in [0, 0.1) is 5.92 Å². The molecule has 0 saturated carbocycles. The van der Waals surface area contributed by atoms with E-state index in [-0.39, 0.29) is 17.4 Å². The number of alkyl halides is 1. The number of sulfonamides is 1. The van der Waals surface area contributed by atoms with E-state index in [0.29, 0.717) is 12.4 Å². The van der Waals surface area contributed by atoms with Crippen LogP contribution in [0.3, 0.4) is 0 Å². The molecule has 0 aliphatic carbocycles. The van der Waals surface area contributed by atoms with Crippen molar-refractivity contribution < 1.29 is 22.8 Å². The molecule has 182 valence electrons. The van der Waals surface area contributed by atoms with Gasteiger partial charge in [0, 0.05) is 11.0 Å². The minimum atomic E-state index is -4.02. The van der Waals surface area contributed by atoms with Gasteiger partial charge in [0.15, 0.2) is 0 Å². The van der Waals surface area contributed by atoms with E-state index in [4.69, 9.17) is 9.57 Å². The normalized spacial score (nSPS) is 13.2. The van der Waals surface area contributed by atoms with E-state index in [0.717, 1.165) is 9.99 Å².